The van der Waals surface area contributed by atoms with E-state index in [-0.39, 0.29) is 23.7 Å². The van der Waals surface area contributed by atoms with Crippen LogP contribution in [0.4, 0.5) is 0 Å². The van der Waals surface area contributed by atoms with Crippen molar-refractivity contribution >= 4 is 11.9 Å². The molecule has 0 spiro atoms. The topological polar surface area (TPSA) is 58.6 Å². The van der Waals surface area contributed by atoms with Crippen LogP contribution in [0.2, 0.25) is 0 Å². The Labute approximate surface area is 102 Å². The van der Waals surface area contributed by atoms with E-state index >= 15 is 0 Å². The molecule has 0 radical (unpaired) electrons. The molecule has 1 rings (SSSR count). The van der Waals surface area contributed by atoms with Crippen molar-refractivity contribution in [1.29, 1.82) is 0 Å². The summed E-state index contributed by atoms with van der Waals surface area (Å²) in [6.07, 6.45) is 0. The molecule has 1 amide bonds. The summed E-state index contributed by atoms with van der Waals surface area (Å²) in [5.74, 6) is -0.0534. The smallest absolute Gasteiger partial charge is 0.310 e. The van der Waals surface area contributed by atoms with Crippen LogP contribution in [0.5, 0.6) is 0 Å². The first-order valence-corrected chi connectivity index (χ1v) is 6.00. The van der Waals surface area contributed by atoms with E-state index in [1.807, 2.05) is 0 Å². The molecule has 1 aliphatic heterocycles. The van der Waals surface area contributed by atoms with Gasteiger partial charge in [0.1, 0.15) is 0 Å². The standard InChI is InChI=1S/C12H22N2O3/c1-8-5-13-6-10(8)11(15)14(3)7-9(2)12(16)17-4/h8-10,13H,5-7H2,1-4H3/t8-,9?,10-/m1/s1. The van der Waals surface area contributed by atoms with Gasteiger partial charge in [-0.1, -0.05) is 13.8 Å². The SMILES string of the molecule is COC(=O)C(C)CN(C)C(=O)[C@@H]1CNC[C@H]1C. The van der Waals surface area contributed by atoms with E-state index in [0.717, 1.165) is 13.1 Å². The third-order valence-corrected chi connectivity index (χ3v) is 3.36. The quantitative estimate of drug-likeness (QED) is 0.711. The molecule has 1 unspecified atom stereocenters. The fraction of sp³-hybridized carbons (Fsp3) is 0.833. The number of carbonyl (C=O) groups is 2. The van der Waals surface area contributed by atoms with Gasteiger partial charge < -0.3 is 15.0 Å². The fourth-order valence-electron chi connectivity index (χ4n) is 2.20. The number of amides is 1. The maximum absolute atomic E-state index is 12.1. The van der Waals surface area contributed by atoms with Crippen molar-refractivity contribution in [3.8, 4) is 0 Å². The number of carbonyl (C=O) groups excluding carboxylic acids is 2. The van der Waals surface area contributed by atoms with Crippen molar-refractivity contribution in [2.45, 2.75) is 13.8 Å². The molecule has 1 saturated heterocycles. The summed E-state index contributed by atoms with van der Waals surface area (Å²) >= 11 is 0. The van der Waals surface area contributed by atoms with Crippen molar-refractivity contribution in [1.82, 2.24) is 10.2 Å². The van der Waals surface area contributed by atoms with Gasteiger partial charge in [-0.3, -0.25) is 9.59 Å². The highest BCUT2D eigenvalue weighted by atomic mass is 16.5. The van der Waals surface area contributed by atoms with Gasteiger partial charge in [0.2, 0.25) is 5.91 Å². The molecule has 0 bridgehead atoms. The zero-order valence-corrected chi connectivity index (χ0v) is 11.0. The highest BCUT2D eigenvalue weighted by Crippen LogP contribution is 2.18. The third kappa shape index (κ3) is 3.43. The number of nitrogens with one attached hydrogen (secondary N) is 1. The van der Waals surface area contributed by atoms with Gasteiger partial charge in [0, 0.05) is 20.1 Å². The third-order valence-electron chi connectivity index (χ3n) is 3.36. The van der Waals surface area contributed by atoms with E-state index in [4.69, 9.17) is 0 Å². The minimum atomic E-state index is -0.279. The molecule has 5 nitrogen and oxygen atoms in total. The number of ether oxygens (including phenoxy) is 1. The van der Waals surface area contributed by atoms with Crippen LogP contribution in [0.25, 0.3) is 0 Å². The monoisotopic (exact) mass is 242 g/mol. The minimum absolute atomic E-state index is 0.0323. The molecule has 17 heavy (non-hydrogen) atoms. The minimum Gasteiger partial charge on any atom is -0.469 e. The van der Waals surface area contributed by atoms with Crippen LogP contribution in [-0.2, 0) is 14.3 Å². The average molecular weight is 242 g/mol. The highest BCUT2D eigenvalue weighted by Gasteiger charge is 2.32. The maximum Gasteiger partial charge on any atom is 0.310 e. The summed E-state index contributed by atoms with van der Waals surface area (Å²) in [4.78, 5) is 25.1. The molecule has 3 atom stereocenters. The van der Waals surface area contributed by atoms with Crippen LogP contribution >= 0.6 is 0 Å². The normalized spacial score (nSPS) is 25.4. The van der Waals surface area contributed by atoms with Crippen LogP contribution < -0.4 is 5.32 Å². The molecule has 0 aromatic carbocycles. The van der Waals surface area contributed by atoms with Crippen molar-refractivity contribution in [3.05, 3.63) is 0 Å². The summed E-state index contributed by atoms with van der Waals surface area (Å²) < 4.78 is 4.65. The fourth-order valence-corrected chi connectivity index (χ4v) is 2.20. The summed E-state index contributed by atoms with van der Waals surface area (Å²) in [7, 11) is 3.11. The summed E-state index contributed by atoms with van der Waals surface area (Å²) in [5, 5.41) is 3.21. The molecule has 0 saturated carbocycles. The van der Waals surface area contributed by atoms with Gasteiger partial charge >= 0.3 is 5.97 Å². The van der Waals surface area contributed by atoms with E-state index in [1.54, 1.807) is 18.9 Å². The Kier molecular flexibility index (Phi) is 4.93. The molecule has 1 fully saturated rings. The van der Waals surface area contributed by atoms with Crippen LogP contribution in [-0.4, -0.2) is 50.6 Å². The van der Waals surface area contributed by atoms with E-state index < -0.39 is 0 Å². The second kappa shape index (κ2) is 6.00. The second-order valence-electron chi connectivity index (χ2n) is 4.88. The first-order valence-electron chi connectivity index (χ1n) is 6.00. The van der Waals surface area contributed by atoms with Gasteiger partial charge in [-0.25, -0.2) is 0 Å². The predicted molar refractivity (Wildman–Crippen MR) is 64.3 cm³/mol. The Morgan fingerprint density at radius 3 is 2.59 bits per heavy atom. The number of hydrogen-bond donors (Lipinski definition) is 1. The Hall–Kier alpha value is -1.10. The Bertz CT molecular complexity index is 293. The number of hydrogen-bond acceptors (Lipinski definition) is 4. The first-order chi connectivity index (χ1) is 7.97. The molecule has 0 aliphatic carbocycles. The number of esters is 1. The molecule has 0 aromatic heterocycles. The van der Waals surface area contributed by atoms with Gasteiger partial charge in [-0.05, 0) is 12.5 Å². The van der Waals surface area contributed by atoms with E-state index in [2.05, 4.69) is 17.0 Å². The number of nitrogens with zero attached hydrogens (tertiary/aromatic N) is 1. The van der Waals surface area contributed by atoms with Crippen molar-refractivity contribution in [2.75, 3.05) is 33.8 Å². The lowest BCUT2D eigenvalue weighted by molar-refractivity contribution is -0.146. The Balaban J connectivity index is 2.49. The van der Waals surface area contributed by atoms with Crippen LogP contribution in [0.1, 0.15) is 13.8 Å². The Morgan fingerprint density at radius 1 is 1.47 bits per heavy atom. The lowest BCUT2D eigenvalue weighted by Gasteiger charge is -2.24. The van der Waals surface area contributed by atoms with Gasteiger partial charge in [0.15, 0.2) is 0 Å². The van der Waals surface area contributed by atoms with Gasteiger partial charge in [0.25, 0.3) is 0 Å². The average Bonchev–Trinajstić information content (AvgIpc) is 2.73. The number of rotatable bonds is 4. The number of methoxy groups -OCH3 is 1. The predicted octanol–water partition coefficient (Wildman–Crippen LogP) is 0.109. The van der Waals surface area contributed by atoms with Crippen LogP contribution in [0.15, 0.2) is 0 Å². The van der Waals surface area contributed by atoms with E-state index in [1.165, 1.54) is 7.11 Å². The molecule has 5 heteroatoms. The van der Waals surface area contributed by atoms with Gasteiger partial charge in [0.05, 0.1) is 18.9 Å². The molecule has 1 aliphatic rings. The highest BCUT2D eigenvalue weighted by molar-refractivity contribution is 5.80. The van der Waals surface area contributed by atoms with Crippen LogP contribution in [0, 0.1) is 17.8 Å². The molecular formula is C12H22N2O3. The lowest BCUT2D eigenvalue weighted by atomic mass is 9.96. The van der Waals surface area contributed by atoms with E-state index in [9.17, 15) is 9.59 Å². The molecule has 1 heterocycles. The second-order valence-corrected chi connectivity index (χ2v) is 4.88. The van der Waals surface area contributed by atoms with Gasteiger partial charge in [-0.15, -0.1) is 0 Å². The summed E-state index contributed by atoms with van der Waals surface area (Å²) in [6, 6.07) is 0. The van der Waals surface area contributed by atoms with Crippen molar-refractivity contribution in [3.63, 3.8) is 0 Å². The summed E-state index contributed by atoms with van der Waals surface area (Å²) in [5.41, 5.74) is 0. The van der Waals surface area contributed by atoms with E-state index in [0.29, 0.717) is 12.5 Å². The molecule has 98 valence electrons. The zero-order valence-electron chi connectivity index (χ0n) is 11.0. The molecule has 1 N–H and O–H groups in total. The largest absolute Gasteiger partial charge is 0.469 e. The lowest BCUT2D eigenvalue weighted by Crippen LogP contribution is -2.40. The van der Waals surface area contributed by atoms with Gasteiger partial charge in [-0.2, -0.15) is 0 Å². The first kappa shape index (κ1) is 14.0. The summed E-state index contributed by atoms with van der Waals surface area (Å²) in [6.45, 7) is 5.87. The molecule has 0 aromatic rings. The maximum atomic E-state index is 12.1. The zero-order chi connectivity index (χ0) is 13.0. The van der Waals surface area contributed by atoms with Crippen molar-refractivity contribution < 1.29 is 14.3 Å². The van der Waals surface area contributed by atoms with Crippen molar-refractivity contribution in [2.24, 2.45) is 17.8 Å². The molecular weight excluding hydrogens is 220 g/mol. The van der Waals surface area contributed by atoms with Crippen LogP contribution in [0.3, 0.4) is 0 Å². The Morgan fingerprint density at radius 2 is 2.12 bits per heavy atom.